The van der Waals surface area contributed by atoms with Gasteiger partial charge in [-0.05, 0) is 30.3 Å². The highest BCUT2D eigenvalue weighted by atomic mass is 32.2. The number of fused-ring (bicyclic) bond motifs is 1. The second-order valence-electron chi connectivity index (χ2n) is 7.37. The predicted octanol–water partition coefficient (Wildman–Crippen LogP) is 3.75. The van der Waals surface area contributed by atoms with Gasteiger partial charge in [-0.3, -0.25) is 4.79 Å². The maximum Gasteiger partial charge on any atom is 0.318 e. The van der Waals surface area contributed by atoms with Crippen molar-refractivity contribution in [3.8, 4) is 5.88 Å². The minimum Gasteiger partial charge on any atom is -0.494 e. The molecule has 0 saturated heterocycles. The number of aromatic nitrogens is 1. The average Bonchev–Trinajstić information content (AvgIpc) is 3.13. The van der Waals surface area contributed by atoms with Crippen LogP contribution in [0.15, 0.2) is 88.8 Å². The van der Waals surface area contributed by atoms with Crippen LogP contribution in [0.5, 0.6) is 5.88 Å². The number of benzene rings is 3. The number of aromatic hydroxyl groups is 1. The lowest BCUT2D eigenvalue weighted by Gasteiger charge is -2.15. The van der Waals surface area contributed by atoms with Gasteiger partial charge in [-0.1, -0.05) is 48.5 Å². The number of nitrogens with zero attached hydrogens (tertiary/aromatic N) is 2. The van der Waals surface area contributed by atoms with E-state index in [9.17, 15) is 18.3 Å². The number of aromatic amines is 1. The normalized spacial score (nSPS) is 12.4. The number of carboxylic acids is 1. The maximum atomic E-state index is 12.6. The standard InChI is InChI=1S/C24H21N3O5S/c1-27(15-21(28)29)33(31,32)18-13-11-17(12-14-18)25-23(16-7-3-2-4-8-16)22-19-9-5-6-10-20(19)26-24(22)30/h2-14,26,30H,15H2,1H3,(H,28,29). The highest BCUT2D eigenvalue weighted by Crippen LogP contribution is 2.31. The Morgan fingerprint density at radius 3 is 2.27 bits per heavy atom. The van der Waals surface area contributed by atoms with Gasteiger partial charge in [0.2, 0.25) is 10.0 Å². The molecule has 8 nitrogen and oxygen atoms in total. The molecule has 0 bridgehead atoms. The number of nitrogens with one attached hydrogen (secondary N) is 1. The van der Waals surface area contributed by atoms with Gasteiger partial charge in [-0.2, -0.15) is 4.31 Å². The number of hydrogen-bond acceptors (Lipinski definition) is 5. The number of rotatable bonds is 7. The van der Waals surface area contributed by atoms with E-state index in [0.717, 1.165) is 20.8 Å². The first-order chi connectivity index (χ1) is 15.8. The molecule has 0 radical (unpaired) electrons. The predicted molar refractivity (Wildman–Crippen MR) is 126 cm³/mol. The minimum atomic E-state index is -3.95. The maximum absolute atomic E-state index is 12.6. The fourth-order valence-corrected chi connectivity index (χ4v) is 4.63. The highest BCUT2D eigenvalue weighted by molar-refractivity contribution is 7.89. The first-order valence-electron chi connectivity index (χ1n) is 9.99. The quantitative estimate of drug-likeness (QED) is 0.360. The number of carbonyl (C=O) groups is 1. The SMILES string of the molecule is CN(CC(=O)O)S(=O)(=O)c1ccc(N=C(c2ccccc2)c2c(O)[nH]c3ccccc23)cc1. The zero-order chi connectivity index (χ0) is 23.6. The molecule has 4 rings (SSSR count). The number of likely N-dealkylation sites (N-methyl/N-ethyl adjacent to an activating group) is 1. The summed E-state index contributed by atoms with van der Waals surface area (Å²) in [6.45, 7) is -0.639. The Kier molecular flexibility index (Phi) is 5.99. The van der Waals surface area contributed by atoms with E-state index in [4.69, 9.17) is 10.1 Å². The Balaban J connectivity index is 1.80. The number of sulfonamides is 1. The molecule has 168 valence electrons. The van der Waals surface area contributed by atoms with E-state index in [1.807, 2.05) is 54.6 Å². The van der Waals surface area contributed by atoms with Gasteiger partial charge < -0.3 is 15.2 Å². The summed E-state index contributed by atoms with van der Waals surface area (Å²) in [6, 6.07) is 22.7. The summed E-state index contributed by atoms with van der Waals surface area (Å²) in [7, 11) is -2.74. The molecule has 0 amide bonds. The summed E-state index contributed by atoms with van der Waals surface area (Å²) in [6.07, 6.45) is 0. The first-order valence-corrected chi connectivity index (χ1v) is 11.4. The number of carboxylic acid groups (broad SMARTS) is 1. The molecular weight excluding hydrogens is 442 g/mol. The Morgan fingerprint density at radius 1 is 0.970 bits per heavy atom. The summed E-state index contributed by atoms with van der Waals surface area (Å²) in [5, 5.41) is 20.3. The molecule has 1 aromatic heterocycles. The molecule has 0 unspecified atom stereocenters. The lowest BCUT2D eigenvalue weighted by molar-refractivity contribution is -0.137. The van der Waals surface area contributed by atoms with Gasteiger partial charge in [0, 0.05) is 23.5 Å². The van der Waals surface area contributed by atoms with E-state index in [1.165, 1.54) is 31.3 Å². The van der Waals surface area contributed by atoms with Gasteiger partial charge in [0.25, 0.3) is 0 Å². The summed E-state index contributed by atoms with van der Waals surface area (Å²) < 4.78 is 26.0. The molecule has 3 N–H and O–H groups in total. The monoisotopic (exact) mass is 463 g/mol. The third kappa shape index (κ3) is 4.50. The van der Waals surface area contributed by atoms with Crippen molar-refractivity contribution in [2.24, 2.45) is 4.99 Å². The van der Waals surface area contributed by atoms with Crippen molar-refractivity contribution in [2.45, 2.75) is 4.90 Å². The third-order valence-corrected chi connectivity index (χ3v) is 6.93. The van der Waals surface area contributed by atoms with Gasteiger partial charge in [-0.25, -0.2) is 13.4 Å². The summed E-state index contributed by atoms with van der Waals surface area (Å²) in [5.41, 5.74) is 3.06. The lowest BCUT2D eigenvalue weighted by atomic mass is 10.0. The van der Waals surface area contributed by atoms with Crippen LogP contribution in [-0.4, -0.2) is 53.2 Å². The molecule has 0 aliphatic carbocycles. The lowest BCUT2D eigenvalue weighted by Crippen LogP contribution is -2.31. The van der Waals surface area contributed by atoms with Crippen molar-refractivity contribution < 1.29 is 23.4 Å². The van der Waals surface area contributed by atoms with Crippen LogP contribution in [0.3, 0.4) is 0 Å². The van der Waals surface area contributed by atoms with Crippen LogP contribution in [0.4, 0.5) is 5.69 Å². The zero-order valence-corrected chi connectivity index (χ0v) is 18.5. The second kappa shape index (κ2) is 8.89. The van der Waals surface area contributed by atoms with Crippen molar-refractivity contribution in [1.29, 1.82) is 0 Å². The van der Waals surface area contributed by atoms with Crippen LogP contribution in [0.2, 0.25) is 0 Å². The van der Waals surface area contributed by atoms with Crippen LogP contribution in [-0.2, 0) is 14.8 Å². The fourth-order valence-electron chi connectivity index (χ4n) is 3.51. The van der Waals surface area contributed by atoms with E-state index in [0.29, 0.717) is 17.0 Å². The molecule has 0 atom stereocenters. The van der Waals surface area contributed by atoms with Crippen molar-refractivity contribution in [3.63, 3.8) is 0 Å². The smallest absolute Gasteiger partial charge is 0.318 e. The number of para-hydroxylation sites is 1. The number of aliphatic imine (C=N–C) groups is 1. The minimum absolute atomic E-state index is 0.0201. The second-order valence-corrected chi connectivity index (χ2v) is 9.41. The van der Waals surface area contributed by atoms with Crippen molar-refractivity contribution in [2.75, 3.05) is 13.6 Å². The van der Waals surface area contributed by atoms with Crippen molar-refractivity contribution >= 4 is 38.3 Å². The van der Waals surface area contributed by atoms with Gasteiger partial charge in [0.1, 0.15) is 6.54 Å². The molecule has 0 fully saturated rings. The largest absolute Gasteiger partial charge is 0.494 e. The summed E-state index contributed by atoms with van der Waals surface area (Å²) in [4.78, 5) is 18.5. The van der Waals surface area contributed by atoms with Crippen molar-refractivity contribution in [3.05, 3.63) is 90.0 Å². The molecule has 1 heterocycles. The van der Waals surface area contributed by atoms with Crippen LogP contribution >= 0.6 is 0 Å². The van der Waals surface area contributed by atoms with Crippen LogP contribution < -0.4 is 0 Å². The molecule has 0 aliphatic rings. The zero-order valence-electron chi connectivity index (χ0n) is 17.6. The van der Waals surface area contributed by atoms with Crippen LogP contribution in [0.1, 0.15) is 11.1 Å². The van der Waals surface area contributed by atoms with Gasteiger partial charge in [-0.15, -0.1) is 0 Å². The molecule has 3 aromatic carbocycles. The van der Waals surface area contributed by atoms with E-state index in [1.54, 1.807) is 0 Å². The molecule has 9 heteroatoms. The van der Waals surface area contributed by atoms with E-state index in [2.05, 4.69) is 4.98 Å². The Labute approximate surface area is 190 Å². The van der Waals surface area contributed by atoms with E-state index in [-0.39, 0.29) is 10.8 Å². The number of aliphatic carboxylic acids is 1. The van der Waals surface area contributed by atoms with Crippen LogP contribution in [0, 0.1) is 0 Å². The van der Waals surface area contributed by atoms with Gasteiger partial charge in [0.05, 0.1) is 21.9 Å². The Morgan fingerprint density at radius 2 is 1.61 bits per heavy atom. The molecule has 4 aromatic rings. The fraction of sp³-hybridized carbons (Fsp3) is 0.0833. The topological polar surface area (TPSA) is 123 Å². The first kappa shape index (κ1) is 22.3. The molecular formula is C24H21N3O5S. The molecule has 0 saturated carbocycles. The highest BCUT2D eigenvalue weighted by Gasteiger charge is 2.23. The van der Waals surface area contributed by atoms with Crippen LogP contribution in [0.25, 0.3) is 10.9 Å². The summed E-state index contributed by atoms with van der Waals surface area (Å²) >= 11 is 0. The molecule has 0 spiro atoms. The average molecular weight is 464 g/mol. The molecule has 0 aliphatic heterocycles. The van der Waals surface area contributed by atoms with Gasteiger partial charge in [0.15, 0.2) is 5.88 Å². The molecule has 33 heavy (non-hydrogen) atoms. The Hall–Kier alpha value is -3.95. The third-order valence-electron chi connectivity index (χ3n) is 5.11. The van der Waals surface area contributed by atoms with E-state index < -0.39 is 22.5 Å². The van der Waals surface area contributed by atoms with Gasteiger partial charge >= 0.3 is 5.97 Å². The summed E-state index contributed by atoms with van der Waals surface area (Å²) in [5.74, 6) is -1.26. The van der Waals surface area contributed by atoms with E-state index >= 15 is 0 Å². The number of H-pyrrole nitrogens is 1. The Bertz CT molecular complexity index is 1440. The number of hydrogen-bond donors (Lipinski definition) is 3. The van der Waals surface area contributed by atoms with Crippen molar-refractivity contribution in [1.82, 2.24) is 9.29 Å².